The summed E-state index contributed by atoms with van der Waals surface area (Å²) in [5, 5.41) is 13.3. The monoisotopic (exact) mass is 265 g/mol. The Labute approximate surface area is 109 Å². The van der Waals surface area contributed by atoms with E-state index in [0.29, 0.717) is 28.6 Å². The number of nitrogens with two attached hydrogens (primary N) is 2. The highest BCUT2D eigenvalue weighted by Gasteiger charge is 2.46. The first-order chi connectivity index (χ1) is 8.67. The van der Waals surface area contributed by atoms with E-state index in [1.54, 1.807) is 0 Å². The van der Waals surface area contributed by atoms with Crippen molar-refractivity contribution < 1.29 is 5.21 Å². The average Bonchev–Trinajstić information content (AvgIpc) is 2.88. The fourth-order valence-corrected chi connectivity index (χ4v) is 4.30. The van der Waals surface area contributed by atoms with Crippen LogP contribution in [0.4, 0.5) is 11.6 Å². The maximum Gasteiger partial charge on any atom is 0.192 e. The summed E-state index contributed by atoms with van der Waals surface area (Å²) >= 11 is 1.50. The van der Waals surface area contributed by atoms with Gasteiger partial charge in [-0.15, -0.1) is 0 Å². The van der Waals surface area contributed by atoms with E-state index >= 15 is 0 Å². The molecule has 3 rings (SSSR count). The summed E-state index contributed by atoms with van der Waals surface area (Å²) in [6.07, 6.45) is 3.41. The zero-order valence-corrected chi connectivity index (χ0v) is 10.6. The minimum Gasteiger partial charge on any atom is -0.411 e. The maximum absolute atomic E-state index is 9.13. The van der Waals surface area contributed by atoms with E-state index in [-0.39, 0.29) is 5.25 Å². The van der Waals surface area contributed by atoms with Crippen molar-refractivity contribution in [3.05, 3.63) is 6.07 Å². The molecule has 2 fully saturated rings. The summed E-state index contributed by atoms with van der Waals surface area (Å²) < 4.78 is 0. The fourth-order valence-electron chi connectivity index (χ4n) is 2.96. The van der Waals surface area contributed by atoms with Crippen LogP contribution in [-0.4, -0.2) is 26.1 Å². The van der Waals surface area contributed by atoms with Crippen molar-refractivity contribution in [1.82, 2.24) is 9.97 Å². The molecule has 6 nitrogen and oxygen atoms in total. The van der Waals surface area contributed by atoms with Crippen LogP contribution in [0.25, 0.3) is 0 Å². The highest BCUT2D eigenvalue weighted by atomic mass is 32.2. The number of anilines is 2. The molecule has 3 atom stereocenters. The molecule has 0 saturated heterocycles. The standard InChI is InChI=1S/C11H15N5OS/c12-7-4-8(13)15-11(14-7)18-10-6-2-1-5(3-6)9(10)16-17/h4-6,10,17H,1-3H2,(H4,12,13,14,15). The van der Waals surface area contributed by atoms with Crippen molar-refractivity contribution >= 4 is 29.1 Å². The Balaban J connectivity index is 1.84. The van der Waals surface area contributed by atoms with E-state index in [4.69, 9.17) is 16.7 Å². The number of hydrogen-bond donors (Lipinski definition) is 3. The average molecular weight is 265 g/mol. The molecular weight excluding hydrogens is 250 g/mol. The van der Waals surface area contributed by atoms with Crippen LogP contribution >= 0.6 is 11.8 Å². The van der Waals surface area contributed by atoms with E-state index in [1.807, 2.05) is 0 Å². The predicted molar refractivity (Wildman–Crippen MR) is 70.6 cm³/mol. The first kappa shape index (κ1) is 11.6. The molecule has 18 heavy (non-hydrogen) atoms. The fraction of sp³-hybridized carbons (Fsp3) is 0.545. The van der Waals surface area contributed by atoms with Crippen LogP contribution < -0.4 is 11.5 Å². The predicted octanol–water partition coefficient (Wildman–Crippen LogP) is 1.36. The molecule has 0 radical (unpaired) electrons. The molecule has 2 aliphatic carbocycles. The van der Waals surface area contributed by atoms with Gasteiger partial charge in [-0.05, 0) is 25.2 Å². The molecule has 3 unspecified atom stereocenters. The first-order valence-corrected chi connectivity index (χ1v) is 6.84. The van der Waals surface area contributed by atoms with E-state index in [0.717, 1.165) is 18.6 Å². The molecule has 7 heteroatoms. The minimum absolute atomic E-state index is 0.162. The van der Waals surface area contributed by atoms with Crippen LogP contribution in [-0.2, 0) is 0 Å². The van der Waals surface area contributed by atoms with Gasteiger partial charge in [0.15, 0.2) is 5.16 Å². The topological polar surface area (TPSA) is 110 Å². The SMILES string of the molecule is Nc1cc(N)nc(SC2C(=NO)C3CCC2C3)n1. The van der Waals surface area contributed by atoms with Gasteiger partial charge in [0.2, 0.25) is 0 Å². The second-order valence-corrected chi connectivity index (χ2v) is 5.94. The van der Waals surface area contributed by atoms with Crippen LogP contribution in [0.3, 0.4) is 0 Å². The van der Waals surface area contributed by atoms with Gasteiger partial charge in [-0.1, -0.05) is 16.9 Å². The molecule has 0 aliphatic heterocycles. The largest absolute Gasteiger partial charge is 0.411 e. The lowest BCUT2D eigenvalue weighted by Gasteiger charge is -2.21. The summed E-state index contributed by atoms with van der Waals surface area (Å²) in [5.41, 5.74) is 12.2. The molecule has 1 aromatic heterocycles. The normalized spacial score (nSPS) is 32.2. The molecule has 0 spiro atoms. The highest BCUT2D eigenvalue weighted by molar-refractivity contribution is 8.00. The van der Waals surface area contributed by atoms with Crippen LogP contribution in [0.15, 0.2) is 16.4 Å². The summed E-state index contributed by atoms with van der Waals surface area (Å²) in [4.78, 5) is 8.33. The zero-order chi connectivity index (χ0) is 12.7. The molecule has 96 valence electrons. The number of hydrogen-bond acceptors (Lipinski definition) is 7. The maximum atomic E-state index is 9.13. The molecule has 0 amide bonds. The van der Waals surface area contributed by atoms with Crippen molar-refractivity contribution in [2.24, 2.45) is 17.0 Å². The number of aromatic nitrogens is 2. The van der Waals surface area contributed by atoms with Crippen LogP contribution in [0, 0.1) is 11.8 Å². The Bertz CT molecular complexity index is 486. The van der Waals surface area contributed by atoms with E-state index in [9.17, 15) is 0 Å². The number of nitrogens with zero attached hydrogens (tertiary/aromatic N) is 3. The van der Waals surface area contributed by atoms with E-state index < -0.39 is 0 Å². The molecular formula is C11H15N5OS. The lowest BCUT2D eigenvalue weighted by atomic mass is 9.98. The van der Waals surface area contributed by atoms with Gasteiger partial charge in [-0.2, -0.15) is 0 Å². The number of oxime groups is 1. The lowest BCUT2D eigenvalue weighted by molar-refractivity contribution is 0.314. The van der Waals surface area contributed by atoms with Gasteiger partial charge in [0.05, 0.1) is 11.0 Å². The highest BCUT2D eigenvalue weighted by Crippen LogP contribution is 2.49. The summed E-state index contributed by atoms with van der Waals surface area (Å²) in [6, 6.07) is 1.53. The smallest absolute Gasteiger partial charge is 0.192 e. The number of fused-ring (bicyclic) bond motifs is 2. The number of nitrogen functional groups attached to an aromatic ring is 2. The van der Waals surface area contributed by atoms with Gasteiger partial charge in [0.25, 0.3) is 0 Å². The molecule has 0 aromatic carbocycles. The van der Waals surface area contributed by atoms with E-state index in [2.05, 4.69) is 15.1 Å². The Morgan fingerprint density at radius 1 is 1.28 bits per heavy atom. The van der Waals surface area contributed by atoms with Crippen molar-refractivity contribution in [2.45, 2.75) is 29.7 Å². The van der Waals surface area contributed by atoms with Gasteiger partial charge >= 0.3 is 0 Å². The Morgan fingerprint density at radius 2 is 2.00 bits per heavy atom. The summed E-state index contributed by atoms with van der Waals surface area (Å²) in [5.74, 6) is 1.72. The minimum atomic E-state index is 0.162. The van der Waals surface area contributed by atoms with Crippen LogP contribution in [0.1, 0.15) is 19.3 Å². The molecule has 5 N–H and O–H groups in total. The third-order valence-electron chi connectivity index (χ3n) is 3.70. The van der Waals surface area contributed by atoms with Gasteiger partial charge in [-0.25, -0.2) is 9.97 Å². The number of rotatable bonds is 2. The van der Waals surface area contributed by atoms with Gasteiger partial charge in [0, 0.05) is 12.0 Å². The van der Waals surface area contributed by atoms with Gasteiger partial charge < -0.3 is 16.7 Å². The first-order valence-electron chi connectivity index (χ1n) is 5.96. The zero-order valence-electron chi connectivity index (χ0n) is 9.78. The van der Waals surface area contributed by atoms with Crippen molar-refractivity contribution in [3.63, 3.8) is 0 Å². The summed E-state index contributed by atoms with van der Waals surface area (Å²) in [7, 11) is 0. The second kappa shape index (κ2) is 4.31. The molecule has 1 heterocycles. The van der Waals surface area contributed by atoms with Crippen LogP contribution in [0.2, 0.25) is 0 Å². The Hall–Kier alpha value is -1.50. The quantitative estimate of drug-likeness (QED) is 0.423. The van der Waals surface area contributed by atoms with E-state index in [1.165, 1.54) is 24.2 Å². The molecule has 2 bridgehead atoms. The summed E-state index contributed by atoms with van der Waals surface area (Å²) in [6.45, 7) is 0. The third-order valence-corrected chi connectivity index (χ3v) is 4.98. The van der Waals surface area contributed by atoms with Crippen molar-refractivity contribution in [2.75, 3.05) is 11.5 Å². The van der Waals surface area contributed by atoms with Crippen molar-refractivity contribution in [3.8, 4) is 0 Å². The Morgan fingerprint density at radius 3 is 2.67 bits per heavy atom. The molecule has 1 aromatic rings. The van der Waals surface area contributed by atoms with Gasteiger partial charge in [-0.3, -0.25) is 0 Å². The van der Waals surface area contributed by atoms with Crippen LogP contribution in [0.5, 0.6) is 0 Å². The van der Waals surface area contributed by atoms with Crippen molar-refractivity contribution in [1.29, 1.82) is 0 Å². The Kier molecular flexibility index (Phi) is 2.77. The number of thioether (sulfide) groups is 1. The van der Waals surface area contributed by atoms with Gasteiger partial charge in [0.1, 0.15) is 11.6 Å². The third kappa shape index (κ3) is 1.88. The lowest BCUT2D eigenvalue weighted by Crippen LogP contribution is -2.25. The molecule has 2 aliphatic rings. The molecule has 2 saturated carbocycles. The second-order valence-electron chi connectivity index (χ2n) is 4.83.